The number of hydrogen-bond acceptors (Lipinski definition) is 2. The van der Waals surface area contributed by atoms with E-state index in [4.69, 9.17) is 4.74 Å². The summed E-state index contributed by atoms with van der Waals surface area (Å²) in [6.45, 7) is 7.60. The Morgan fingerprint density at radius 3 is 2.50 bits per heavy atom. The Kier molecular flexibility index (Phi) is 4.79. The molecular formula is C20H24NO. The van der Waals surface area contributed by atoms with Gasteiger partial charge in [0.15, 0.2) is 0 Å². The number of rotatable bonds is 5. The zero-order valence-corrected chi connectivity index (χ0v) is 13.5. The van der Waals surface area contributed by atoms with E-state index in [2.05, 4.69) is 35.2 Å². The molecule has 0 amide bonds. The molecule has 2 heteroatoms. The van der Waals surface area contributed by atoms with Crippen molar-refractivity contribution in [3.8, 4) is 16.9 Å². The Bertz CT molecular complexity index is 597. The Morgan fingerprint density at radius 1 is 1.09 bits per heavy atom. The third-order valence-electron chi connectivity index (χ3n) is 4.01. The van der Waals surface area contributed by atoms with Crippen LogP contribution in [0, 0.1) is 6.07 Å². The van der Waals surface area contributed by atoms with Gasteiger partial charge in [-0.1, -0.05) is 24.3 Å². The molecule has 0 aromatic heterocycles. The van der Waals surface area contributed by atoms with Gasteiger partial charge in [0.2, 0.25) is 0 Å². The smallest absolute Gasteiger partial charge is 0.119 e. The zero-order chi connectivity index (χ0) is 15.4. The van der Waals surface area contributed by atoms with Crippen LogP contribution < -0.4 is 4.74 Å². The van der Waals surface area contributed by atoms with E-state index in [-0.39, 0.29) is 6.10 Å². The summed E-state index contributed by atoms with van der Waals surface area (Å²) in [6.07, 6.45) is 2.88. The maximum absolute atomic E-state index is 5.70. The first-order valence-electron chi connectivity index (χ1n) is 8.21. The van der Waals surface area contributed by atoms with E-state index in [9.17, 15) is 0 Å². The van der Waals surface area contributed by atoms with Crippen molar-refractivity contribution in [2.75, 3.05) is 13.1 Å². The normalized spacial score (nSPS) is 15.4. The number of benzene rings is 2. The molecule has 1 fully saturated rings. The van der Waals surface area contributed by atoms with Crippen molar-refractivity contribution in [2.45, 2.75) is 39.3 Å². The van der Waals surface area contributed by atoms with Crippen LogP contribution >= 0.6 is 0 Å². The van der Waals surface area contributed by atoms with Gasteiger partial charge in [-0.15, -0.1) is 0 Å². The minimum atomic E-state index is 0.209. The molecule has 0 spiro atoms. The molecule has 1 aliphatic heterocycles. The molecule has 3 rings (SSSR count). The van der Waals surface area contributed by atoms with Crippen LogP contribution in [0.5, 0.6) is 5.75 Å². The first-order chi connectivity index (χ1) is 10.7. The van der Waals surface area contributed by atoms with E-state index in [1.807, 2.05) is 32.0 Å². The minimum Gasteiger partial charge on any atom is -0.491 e. The Hall–Kier alpha value is -1.80. The lowest BCUT2D eigenvalue weighted by molar-refractivity contribution is 0.242. The van der Waals surface area contributed by atoms with Crippen molar-refractivity contribution in [2.24, 2.45) is 0 Å². The topological polar surface area (TPSA) is 12.5 Å². The largest absolute Gasteiger partial charge is 0.491 e. The van der Waals surface area contributed by atoms with Gasteiger partial charge in [-0.25, -0.2) is 0 Å². The molecule has 2 aromatic rings. The average Bonchev–Trinajstić information content (AvgIpc) is 3.01. The SMILES string of the molecule is CC(C)Oc1ccc(-c2[c]ccc(CN3CCCC3)c2)cc1. The van der Waals surface area contributed by atoms with Gasteiger partial charge in [0, 0.05) is 6.54 Å². The summed E-state index contributed by atoms with van der Waals surface area (Å²) >= 11 is 0. The Labute approximate surface area is 133 Å². The Morgan fingerprint density at radius 2 is 1.82 bits per heavy atom. The number of nitrogens with zero attached hydrogens (tertiary/aromatic N) is 1. The van der Waals surface area contributed by atoms with Gasteiger partial charge >= 0.3 is 0 Å². The predicted octanol–water partition coefficient (Wildman–Crippen LogP) is 4.54. The average molecular weight is 294 g/mol. The molecule has 2 aromatic carbocycles. The van der Waals surface area contributed by atoms with Crippen molar-refractivity contribution in [1.29, 1.82) is 0 Å². The maximum atomic E-state index is 5.70. The van der Waals surface area contributed by atoms with E-state index in [0.717, 1.165) is 17.9 Å². The van der Waals surface area contributed by atoms with Crippen molar-refractivity contribution >= 4 is 0 Å². The quantitative estimate of drug-likeness (QED) is 0.803. The molecule has 115 valence electrons. The van der Waals surface area contributed by atoms with Gasteiger partial charge in [0.05, 0.1) is 6.10 Å². The minimum absolute atomic E-state index is 0.209. The second kappa shape index (κ2) is 6.97. The summed E-state index contributed by atoms with van der Waals surface area (Å²) in [5, 5.41) is 0. The van der Waals surface area contributed by atoms with E-state index in [1.54, 1.807) is 0 Å². The highest BCUT2D eigenvalue weighted by Gasteiger charge is 2.12. The summed E-state index contributed by atoms with van der Waals surface area (Å²) < 4.78 is 5.70. The third-order valence-corrected chi connectivity index (χ3v) is 4.01. The lowest BCUT2D eigenvalue weighted by Crippen LogP contribution is -2.18. The van der Waals surface area contributed by atoms with Crippen LogP contribution in [0.4, 0.5) is 0 Å². The van der Waals surface area contributed by atoms with Gasteiger partial charge in [-0.05, 0) is 80.7 Å². The van der Waals surface area contributed by atoms with Gasteiger partial charge in [0.1, 0.15) is 5.75 Å². The molecule has 0 N–H and O–H groups in total. The molecule has 0 aliphatic carbocycles. The number of hydrogen-bond donors (Lipinski definition) is 0. The van der Waals surface area contributed by atoms with Crippen molar-refractivity contribution < 1.29 is 4.74 Å². The predicted molar refractivity (Wildman–Crippen MR) is 91.0 cm³/mol. The molecule has 0 atom stereocenters. The fourth-order valence-electron chi connectivity index (χ4n) is 2.96. The summed E-state index contributed by atoms with van der Waals surface area (Å²) in [6, 6.07) is 18.1. The third kappa shape index (κ3) is 3.89. The van der Waals surface area contributed by atoms with Gasteiger partial charge in [-0.2, -0.15) is 0 Å². The molecule has 0 bridgehead atoms. The van der Waals surface area contributed by atoms with Crippen molar-refractivity contribution in [3.63, 3.8) is 0 Å². The number of likely N-dealkylation sites (tertiary alicyclic amines) is 1. The molecule has 1 radical (unpaired) electrons. The molecule has 2 nitrogen and oxygen atoms in total. The molecule has 1 saturated heterocycles. The first-order valence-corrected chi connectivity index (χ1v) is 8.21. The zero-order valence-electron chi connectivity index (χ0n) is 13.5. The van der Waals surface area contributed by atoms with Crippen molar-refractivity contribution in [1.82, 2.24) is 4.90 Å². The number of ether oxygens (including phenoxy) is 1. The van der Waals surface area contributed by atoms with Crippen LogP contribution in [0.15, 0.2) is 42.5 Å². The summed E-state index contributed by atoms with van der Waals surface area (Å²) in [5.74, 6) is 0.923. The molecule has 1 aliphatic rings. The highest BCUT2D eigenvalue weighted by atomic mass is 16.5. The monoisotopic (exact) mass is 294 g/mol. The summed E-state index contributed by atoms with van der Waals surface area (Å²) in [7, 11) is 0. The highest BCUT2D eigenvalue weighted by molar-refractivity contribution is 5.64. The standard InChI is InChI=1S/C20H24NO/c1-16(2)22-20-10-8-18(9-11-20)19-7-5-6-17(14-19)15-21-12-3-4-13-21/h5-6,8-11,14,16H,3-4,12-13,15H2,1-2H3. The highest BCUT2D eigenvalue weighted by Crippen LogP contribution is 2.24. The van der Waals surface area contributed by atoms with Crippen LogP contribution in [-0.2, 0) is 6.54 Å². The fourth-order valence-corrected chi connectivity index (χ4v) is 2.96. The fraction of sp³-hybridized carbons (Fsp3) is 0.400. The van der Waals surface area contributed by atoms with Crippen molar-refractivity contribution in [3.05, 3.63) is 54.1 Å². The Balaban J connectivity index is 1.73. The maximum Gasteiger partial charge on any atom is 0.119 e. The summed E-state index contributed by atoms with van der Waals surface area (Å²) in [5.41, 5.74) is 3.73. The molecule has 0 unspecified atom stereocenters. The van der Waals surface area contributed by atoms with Crippen LogP contribution in [0.25, 0.3) is 11.1 Å². The lowest BCUT2D eigenvalue weighted by atomic mass is 10.0. The van der Waals surface area contributed by atoms with Crippen LogP contribution in [0.1, 0.15) is 32.3 Å². The van der Waals surface area contributed by atoms with Crippen LogP contribution in [0.3, 0.4) is 0 Å². The van der Waals surface area contributed by atoms with Crippen LogP contribution in [-0.4, -0.2) is 24.1 Å². The summed E-state index contributed by atoms with van der Waals surface area (Å²) in [4.78, 5) is 2.53. The lowest BCUT2D eigenvalue weighted by Gasteiger charge is -2.15. The van der Waals surface area contributed by atoms with Gasteiger partial charge in [-0.3, -0.25) is 4.90 Å². The van der Waals surface area contributed by atoms with E-state index < -0.39 is 0 Å². The van der Waals surface area contributed by atoms with Crippen LogP contribution in [0.2, 0.25) is 0 Å². The second-order valence-corrected chi connectivity index (χ2v) is 6.28. The van der Waals surface area contributed by atoms with E-state index >= 15 is 0 Å². The first kappa shape index (κ1) is 15.1. The van der Waals surface area contributed by atoms with E-state index in [1.165, 1.54) is 37.1 Å². The van der Waals surface area contributed by atoms with Gasteiger partial charge < -0.3 is 4.74 Å². The second-order valence-electron chi connectivity index (χ2n) is 6.28. The van der Waals surface area contributed by atoms with Gasteiger partial charge in [0.25, 0.3) is 0 Å². The molecule has 0 saturated carbocycles. The molecule has 22 heavy (non-hydrogen) atoms. The molecule has 1 heterocycles. The molecular weight excluding hydrogens is 270 g/mol. The van der Waals surface area contributed by atoms with E-state index in [0.29, 0.717) is 0 Å².